The van der Waals surface area contributed by atoms with Crippen LogP contribution in [0.3, 0.4) is 0 Å². The largest absolute Gasteiger partial charge is 0.207 e. The summed E-state index contributed by atoms with van der Waals surface area (Å²) in [5.41, 5.74) is 0.825. The predicted octanol–water partition coefficient (Wildman–Crippen LogP) is 4.18. The van der Waals surface area contributed by atoms with Crippen LogP contribution in [-0.4, -0.2) is 4.83 Å². The van der Waals surface area contributed by atoms with Gasteiger partial charge in [-0.3, -0.25) is 0 Å². The molecular formula is C12H16BrF. The SMILES string of the molecule is CCC(Cc1ccccc1F)C(C)Br. The highest BCUT2D eigenvalue weighted by atomic mass is 79.9. The summed E-state index contributed by atoms with van der Waals surface area (Å²) in [4.78, 5) is 0.437. The minimum Gasteiger partial charge on any atom is -0.207 e. The van der Waals surface area contributed by atoms with Crippen LogP contribution in [0.4, 0.5) is 4.39 Å². The Morgan fingerprint density at radius 2 is 2.00 bits per heavy atom. The van der Waals surface area contributed by atoms with Gasteiger partial charge in [0.15, 0.2) is 0 Å². The zero-order chi connectivity index (χ0) is 10.6. The van der Waals surface area contributed by atoms with Crippen LogP contribution in [-0.2, 0) is 6.42 Å². The summed E-state index contributed by atoms with van der Waals surface area (Å²) in [6.45, 7) is 4.26. The fourth-order valence-corrected chi connectivity index (χ4v) is 2.14. The molecule has 0 N–H and O–H groups in total. The first kappa shape index (κ1) is 11.7. The van der Waals surface area contributed by atoms with Gasteiger partial charge in [-0.25, -0.2) is 4.39 Å². The van der Waals surface area contributed by atoms with Gasteiger partial charge in [0.05, 0.1) is 0 Å². The zero-order valence-corrected chi connectivity index (χ0v) is 10.2. The molecule has 2 heteroatoms. The lowest BCUT2D eigenvalue weighted by Crippen LogP contribution is -2.13. The summed E-state index contributed by atoms with van der Waals surface area (Å²) in [6, 6.07) is 7.02. The maximum atomic E-state index is 13.3. The Hall–Kier alpha value is -0.370. The Bertz CT molecular complexity index is 283. The normalized spacial score (nSPS) is 15.1. The van der Waals surface area contributed by atoms with Crippen LogP contribution >= 0.6 is 15.9 Å². The van der Waals surface area contributed by atoms with Gasteiger partial charge in [0.25, 0.3) is 0 Å². The molecule has 0 aliphatic rings. The minimum absolute atomic E-state index is 0.0842. The van der Waals surface area contributed by atoms with Crippen molar-refractivity contribution < 1.29 is 4.39 Å². The first-order chi connectivity index (χ1) is 6.65. The molecule has 0 amide bonds. The number of rotatable bonds is 4. The van der Waals surface area contributed by atoms with Gasteiger partial charge < -0.3 is 0 Å². The third kappa shape index (κ3) is 3.09. The molecular weight excluding hydrogens is 243 g/mol. The smallest absolute Gasteiger partial charge is 0.126 e. The number of halogens is 2. The van der Waals surface area contributed by atoms with Crippen molar-refractivity contribution >= 4 is 15.9 Å². The van der Waals surface area contributed by atoms with E-state index in [1.165, 1.54) is 6.07 Å². The standard InChI is InChI=1S/C12H16BrF/c1-3-10(9(2)13)8-11-6-4-5-7-12(11)14/h4-7,9-10H,3,8H2,1-2H3. The van der Waals surface area contributed by atoms with Crippen LogP contribution in [0.1, 0.15) is 25.8 Å². The van der Waals surface area contributed by atoms with Crippen LogP contribution in [0.2, 0.25) is 0 Å². The van der Waals surface area contributed by atoms with Crippen molar-refractivity contribution in [3.8, 4) is 0 Å². The number of alkyl halides is 1. The van der Waals surface area contributed by atoms with Crippen molar-refractivity contribution in [2.45, 2.75) is 31.5 Å². The summed E-state index contributed by atoms with van der Waals surface area (Å²) in [5, 5.41) is 0. The fraction of sp³-hybridized carbons (Fsp3) is 0.500. The van der Waals surface area contributed by atoms with Crippen molar-refractivity contribution in [2.24, 2.45) is 5.92 Å². The maximum absolute atomic E-state index is 13.3. The van der Waals surface area contributed by atoms with Crippen molar-refractivity contribution in [3.63, 3.8) is 0 Å². The average Bonchev–Trinajstić information content (AvgIpc) is 2.16. The first-order valence-corrected chi connectivity index (χ1v) is 5.94. The van der Waals surface area contributed by atoms with Gasteiger partial charge in [-0.05, 0) is 24.0 Å². The molecule has 0 aliphatic heterocycles. The molecule has 0 heterocycles. The van der Waals surface area contributed by atoms with E-state index < -0.39 is 0 Å². The lowest BCUT2D eigenvalue weighted by atomic mass is 9.94. The summed E-state index contributed by atoms with van der Waals surface area (Å²) in [6.07, 6.45) is 1.89. The van der Waals surface area contributed by atoms with E-state index in [1.807, 2.05) is 12.1 Å². The van der Waals surface area contributed by atoms with E-state index in [-0.39, 0.29) is 5.82 Å². The monoisotopic (exact) mass is 258 g/mol. The van der Waals surface area contributed by atoms with Gasteiger partial charge in [0, 0.05) is 4.83 Å². The third-order valence-corrected chi connectivity index (χ3v) is 3.36. The molecule has 1 aromatic carbocycles. The average molecular weight is 259 g/mol. The molecule has 0 nitrogen and oxygen atoms in total. The minimum atomic E-state index is -0.0842. The highest BCUT2D eigenvalue weighted by Crippen LogP contribution is 2.22. The van der Waals surface area contributed by atoms with Gasteiger partial charge in [-0.1, -0.05) is 54.4 Å². The molecule has 14 heavy (non-hydrogen) atoms. The Morgan fingerprint density at radius 1 is 1.36 bits per heavy atom. The van der Waals surface area contributed by atoms with Crippen molar-refractivity contribution in [1.82, 2.24) is 0 Å². The van der Waals surface area contributed by atoms with Crippen LogP contribution in [0.15, 0.2) is 24.3 Å². The second kappa shape index (κ2) is 5.50. The molecule has 78 valence electrons. The van der Waals surface area contributed by atoms with Gasteiger partial charge in [0.2, 0.25) is 0 Å². The summed E-state index contributed by atoms with van der Waals surface area (Å²) in [7, 11) is 0. The van der Waals surface area contributed by atoms with E-state index in [0.29, 0.717) is 10.7 Å². The Kier molecular flexibility index (Phi) is 4.59. The molecule has 2 unspecified atom stereocenters. The Balaban J connectivity index is 2.72. The van der Waals surface area contributed by atoms with Crippen molar-refractivity contribution in [1.29, 1.82) is 0 Å². The summed E-state index contributed by atoms with van der Waals surface area (Å²) >= 11 is 3.56. The highest BCUT2D eigenvalue weighted by molar-refractivity contribution is 9.09. The van der Waals surface area contributed by atoms with E-state index in [9.17, 15) is 4.39 Å². The molecule has 0 radical (unpaired) electrons. The quantitative estimate of drug-likeness (QED) is 0.711. The Labute approximate surface area is 93.7 Å². The van der Waals surface area contributed by atoms with E-state index in [4.69, 9.17) is 0 Å². The van der Waals surface area contributed by atoms with Gasteiger partial charge in [-0.2, -0.15) is 0 Å². The molecule has 0 saturated heterocycles. The van der Waals surface area contributed by atoms with Gasteiger partial charge in [-0.15, -0.1) is 0 Å². The van der Waals surface area contributed by atoms with E-state index in [0.717, 1.165) is 18.4 Å². The second-order valence-electron chi connectivity index (χ2n) is 3.64. The fourth-order valence-electron chi connectivity index (χ4n) is 1.58. The van der Waals surface area contributed by atoms with E-state index in [1.54, 1.807) is 6.07 Å². The maximum Gasteiger partial charge on any atom is 0.126 e. The topological polar surface area (TPSA) is 0 Å². The van der Waals surface area contributed by atoms with Crippen LogP contribution in [0.25, 0.3) is 0 Å². The predicted molar refractivity (Wildman–Crippen MR) is 62.3 cm³/mol. The van der Waals surface area contributed by atoms with Gasteiger partial charge in [0.1, 0.15) is 5.82 Å². The highest BCUT2D eigenvalue weighted by Gasteiger charge is 2.14. The van der Waals surface area contributed by atoms with E-state index >= 15 is 0 Å². The molecule has 0 aromatic heterocycles. The van der Waals surface area contributed by atoms with Crippen LogP contribution < -0.4 is 0 Å². The van der Waals surface area contributed by atoms with Crippen LogP contribution in [0, 0.1) is 11.7 Å². The van der Waals surface area contributed by atoms with Gasteiger partial charge >= 0.3 is 0 Å². The Morgan fingerprint density at radius 3 is 2.50 bits per heavy atom. The summed E-state index contributed by atoms with van der Waals surface area (Å²) in [5.74, 6) is 0.422. The van der Waals surface area contributed by atoms with Crippen molar-refractivity contribution in [2.75, 3.05) is 0 Å². The zero-order valence-electron chi connectivity index (χ0n) is 8.63. The second-order valence-corrected chi connectivity index (χ2v) is 5.09. The molecule has 2 atom stereocenters. The molecule has 0 aliphatic carbocycles. The van der Waals surface area contributed by atoms with Crippen molar-refractivity contribution in [3.05, 3.63) is 35.6 Å². The molecule has 0 saturated carbocycles. The van der Waals surface area contributed by atoms with E-state index in [2.05, 4.69) is 29.8 Å². The molecule has 0 spiro atoms. The lowest BCUT2D eigenvalue weighted by molar-refractivity contribution is 0.491. The van der Waals surface area contributed by atoms with Crippen LogP contribution in [0.5, 0.6) is 0 Å². The molecule has 1 aromatic rings. The molecule has 1 rings (SSSR count). The number of benzene rings is 1. The summed E-state index contributed by atoms with van der Waals surface area (Å²) < 4.78 is 13.3. The lowest BCUT2D eigenvalue weighted by Gasteiger charge is -2.17. The molecule has 0 bridgehead atoms. The molecule has 0 fully saturated rings. The number of hydrogen-bond donors (Lipinski definition) is 0. The number of hydrogen-bond acceptors (Lipinski definition) is 0. The first-order valence-electron chi connectivity index (χ1n) is 5.02. The third-order valence-electron chi connectivity index (χ3n) is 2.61.